The van der Waals surface area contributed by atoms with Crippen molar-refractivity contribution in [2.75, 3.05) is 32.7 Å². The molecule has 1 aromatic rings. The predicted molar refractivity (Wildman–Crippen MR) is 96.2 cm³/mol. The highest BCUT2D eigenvalue weighted by atomic mass is 32.1. The molecule has 0 aromatic carbocycles. The Hall–Kier alpha value is -1.40. The lowest BCUT2D eigenvalue weighted by atomic mass is 9.86. The average molecular weight is 350 g/mol. The maximum absolute atomic E-state index is 12.3. The van der Waals surface area contributed by atoms with E-state index in [4.69, 9.17) is 0 Å². The van der Waals surface area contributed by atoms with Gasteiger partial charge >= 0.3 is 0 Å². The Morgan fingerprint density at radius 3 is 2.62 bits per heavy atom. The lowest BCUT2D eigenvalue weighted by molar-refractivity contribution is -0.123. The first-order valence-corrected chi connectivity index (χ1v) is 9.86. The fraction of sp³-hybridized carbons (Fsp3) is 0.667. The van der Waals surface area contributed by atoms with Gasteiger partial charge in [0.15, 0.2) is 0 Å². The number of carbonyl (C=O) groups excluding carboxylic acids is 2. The first-order chi connectivity index (χ1) is 11.6. The van der Waals surface area contributed by atoms with E-state index >= 15 is 0 Å². The Bertz CT molecular complexity index is 553. The number of hydrogen-bond donors (Lipinski definition) is 1. The SMILES string of the molecule is CC1CCCCC1NC(=O)CN1CCN(C(=O)c2cccs2)CC1. The molecule has 1 aromatic heterocycles. The Kier molecular flexibility index (Phi) is 5.89. The minimum atomic E-state index is 0.116. The highest BCUT2D eigenvalue weighted by molar-refractivity contribution is 7.12. The van der Waals surface area contributed by atoms with Gasteiger partial charge in [0.05, 0.1) is 11.4 Å². The quantitative estimate of drug-likeness (QED) is 0.907. The third-order valence-electron chi connectivity index (χ3n) is 5.22. The van der Waals surface area contributed by atoms with Crippen LogP contribution in [0.4, 0.5) is 0 Å². The molecule has 2 fully saturated rings. The van der Waals surface area contributed by atoms with Crippen LogP contribution in [-0.4, -0.2) is 60.4 Å². The fourth-order valence-corrected chi connectivity index (χ4v) is 4.34. The first kappa shape index (κ1) is 17.4. The second kappa shape index (κ2) is 8.12. The summed E-state index contributed by atoms with van der Waals surface area (Å²) in [5, 5.41) is 5.14. The fourth-order valence-electron chi connectivity index (χ4n) is 3.65. The molecule has 0 spiro atoms. The van der Waals surface area contributed by atoms with Gasteiger partial charge in [0.1, 0.15) is 0 Å². The molecule has 5 nitrogen and oxygen atoms in total. The minimum absolute atomic E-state index is 0.116. The van der Waals surface area contributed by atoms with Crippen LogP contribution in [-0.2, 0) is 4.79 Å². The summed E-state index contributed by atoms with van der Waals surface area (Å²) in [4.78, 5) is 29.5. The van der Waals surface area contributed by atoms with E-state index in [1.807, 2.05) is 22.4 Å². The van der Waals surface area contributed by atoms with Gasteiger partial charge in [-0.1, -0.05) is 25.8 Å². The van der Waals surface area contributed by atoms with E-state index in [0.29, 0.717) is 31.6 Å². The van der Waals surface area contributed by atoms with Crippen molar-refractivity contribution in [1.82, 2.24) is 15.1 Å². The van der Waals surface area contributed by atoms with Crippen LogP contribution in [0.25, 0.3) is 0 Å². The van der Waals surface area contributed by atoms with Gasteiger partial charge in [0.2, 0.25) is 5.91 Å². The molecule has 1 aliphatic heterocycles. The van der Waals surface area contributed by atoms with Crippen LogP contribution >= 0.6 is 11.3 Å². The van der Waals surface area contributed by atoms with Gasteiger partial charge in [0, 0.05) is 32.2 Å². The van der Waals surface area contributed by atoms with Gasteiger partial charge in [-0.05, 0) is 30.2 Å². The molecule has 1 aliphatic carbocycles. The number of nitrogens with one attached hydrogen (secondary N) is 1. The molecule has 0 radical (unpaired) electrons. The van der Waals surface area contributed by atoms with E-state index in [1.54, 1.807) is 0 Å². The smallest absolute Gasteiger partial charge is 0.264 e. The number of nitrogens with zero attached hydrogens (tertiary/aromatic N) is 2. The number of rotatable bonds is 4. The minimum Gasteiger partial charge on any atom is -0.352 e. The average Bonchev–Trinajstić information content (AvgIpc) is 3.11. The van der Waals surface area contributed by atoms with Gasteiger partial charge in [-0.2, -0.15) is 0 Å². The van der Waals surface area contributed by atoms with E-state index in [0.717, 1.165) is 24.4 Å². The molecule has 1 saturated carbocycles. The van der Waals surface area contributed by atoms with Crippen molar-refractivity contribution >= 4 is 23.2 Å². The predicted octanol–water partition coefficient (Wildman–Crippen LogP) is 2.20. The van der Waals surface area contributed by atoms with E-state index < -0.39 is 0 Å². The summed E-state index contributed by atoms with van der Waals surface area (Å²) in [6.07, 6.45) is 4.83. The topological polar surface area (TPSA) is 52.7 Å². The summed E-state index contributed by atoms with van der Waals surface area (Å²) in [6.45, 7) is 5.62. The monoisotopic (exact) mass is 349 g/mol. The normalized spacial score (nSPS) is 25.5. The standard InChI is InChI=1S/C18H27N3O2S/c1-14-5-2-3-6-15(14)19-17(22)13-20-8-10-21(11-9-20)18(23)16-7-4-12-24-16/h4,7,12,14-15H,2-3,5-6,8-11,13H2,1H3,(H,19,22). The van der Waals surface area contributed by atoms with Crippen molar-refractivity contribution in [1.29, 1.82) is 0 Å². The molecule has 2 aliphatic rings. The first-order valence-electron chi connectivity index (χ1n) is 8.98. The lowest BCUT2D eigenvalue weighted by Gasteiger charge is -2.35. The summed E-state index contributed by atoms with van der Waals surface area (Å²) < 4.78 is 0. The molecular formula is C18H27N3O2S. The lowest BCUT2D eigenvalue weighted by Crippen LogP contribution is -2.52. The highest BCUT2D eigenvalue weighted by Crippen LogP contribution is 2.23. The second-order valence-electron chi connectivity index (χ2n) is 6.98. The zero-order valence-electron chi connectivity index (χ0n) is 14.4. The molecule has 132 valence electrons. The van der Waals surface area contributed by atoms with Gasteiger partial charge in [0.25, 0.3) is 5.91 Å². The summed E-state index contributed by atoms with van der Waals surface area (Å²) in [5.74, 6) is 0.833. The molecule has 1 saturated heterocycles. The summed E-state index contributed by atoms with van der Waals surface area (Å²) in [7, 11) is 0. The van der Waals surface area contributed by atoms with Crippen LogP contribution in [0.15, 0.2) is 17.5 Å². The van der Waals surface area contributed by atoms with Gasteiger partial charge < -0.3 is 10.2 Å². The Morgan fingerprint density at radius 1 is 1.21 bits per heavy atom. The zero-order chi connectivity index (χ0) is 16.9. The van der Waals surface area contributed by atoms with Crippen LogP contribution in [0.2, 0.25) is 0 Å². The molecule has 0 bridgehead atoms. The van der Waals surface area contributed by atoms with Crippen molar-refractivity contribution in [2.45, 2.75) is 38.6 Å². The molecular weight excluding hydrogens is 322 g/mol. The summed E-state index contributed by atoms with van der Waals surface area (Å²) in [5.41, 5.74) is 0. The Morgan fingerprint density at radius 2 is 1.96 bits per heavy atom. The molecule has 1 N–H and O–H groups in total. The molecule has 2 amide bonds. The van der Waals surface area contributed by atoms with E-state index in [2.05, 4.69) is 17.1 Å². The van der Waals surface area contributed by atoms with Crippen LogP contribution in [0.1, 0.15) is 42.3 Å². The van der Waals surface area contributed by atoms with Crippen molar-refractivity contribution in [3.05, 3.63) is 22.4 Å². The maximum Gasteiger partial charge on any atom is 0.264 e. The molecule has 24 heavy (non-hydrogen) atoms. The van der Waals surface area contributed by atoms with Crippen molar-refractivity contribution in [3.8, 4) is 0 Å². The van der Waals surface area contributed by atoms with Gasteiger partial charge in [-0.15, -0.1) is 11.3 Å². The molecule has 3 rings (SSSR count). The number of thiophene rings is 1. The van der Waals surface area contributed by atoms with E-state index in [-0.39, 0.29) is 11.8 Å². The summed E-state index contributed by atoms with van der Waals surface area (Å²) in [6, 6.07) is 4.12. The zero-order valence-corrected chi connectivity index (χ0v) is 15.2. The maximum atomic E-state index is 12.3. The van der Waals surface area contributed by atoms with E-state index in [9.17, 15) is 9.59 Å². The van der Waals surface area contributed by atoms with Crippen LogP contribution in [0.3, 0.4) is 0 Å². The van der Waals surface area contributed by atoms with Crippen LogP contribution in [0, 0.1) is 5.92 Å². The number of hydrogen-bond acceptors (Lipinski definition) is 4. The van der Waals surface area contributed by atoms with Crippen molar-refractivity contribution in [2.24, 2.45) is 5.92 Å². The van der Waals surface area contributed by atoms with Gasteiger partial charge in [-0.3, -0.25) is 14.5 Å². The Balaban J connectivity index is 1.42. The van der Waals surface area contributed by atoms with Crippen molar-refractivity contribution < 1.29 is 9.59 Å². The van der Waals surface area contributed by atoms with Crippen molar-refractivity contribution in [3.63, 3.8) is 0 Å². The summed E-state index contributed by atoms with van der Waals surface area (Å²) >= 11 is 1.49. The Labute approximate surface area is 148 Å². The molecule has 2 atom stereocenters. The number of amides is 2. The van der Waals surface area contributed by atoms with Gasteiger partial charge in [-0.25, -0.2) is 0 Å². The number of piperazine rings is 1. The number of carbonyl (C=O) groups is 2. The largest absolute Gasteiger partial charge is 0.352 e. The van der Waals surface area contributed by atoms with E-state index in [1.165, 1.54) is 30.6 Å². The highest BCUT2D eigenvalue weighted by Gasteiger charge is 2.26. The second-order valence-corrected chi connectivity index (χ2v) is 7.93. The third kappa shape index (κ3) is 4.36. The molecule has 2 unspecified atom stereocenters. The van der Waals surface area contributed by atoms with Crippen LogP contribution < -0.4 is 5.32 Å². The van der Waals surface area contributed by atoms with Crippen LogP contribution in [0.5, 0.6) is 0 Å². The molecule has 6 heteroatoms. The third-order valence-corrected chi connectivity index (χ3v) is 6.07. The molecule has 2 heterocycles.